The number of anilines is 1. The Hall–Kier alpha value is -2.46. The Labute approximate surface area is 161 Å². The molecule has 2 heterocycles. The lowest BCUT2D eigenvalue weighted by molar-refractivity contribution is -0.119. The van der Waals surface area contributed by atoms with Crippen molar-refractivity contribution < 1.29 is 23.1 Å². The maximum atomic E-state index is 12.3. The van der Waals surface area contributed by atoms with E-state index in [2.05, 4.69) is 10.4 Å². The van der Waals surface area contributed by atoms with Gasteiger partial charge in [-0.05, 0) is 37.3 Å². The van der Waals surface area contributed by atoms with Crippen molar-refractivity contribution in [3.8, 4) is 0 Å². The smallest absolute Gasteiger partial charge is 0.348 e. The quantitative estimate of drug-likeness (QED) is 0.489. The molecule has 2 aromatic heterocycles. The van der Waals surface area contributed by atoms with Gasteiger partial charge in [-0.25, -0.2) is 4.79 Å². The zero-order valence-electron chi connectivity index (χ0n) is 14.4. The molecule has 0 radical (unpaired) electrons. The van der Waals surface area contributed by atoms with Crippen molar-refractivity contribution in [3.05, 3.63) is 40.9 Å². The summed E-state index contributed by atoms with van der Waals surface area (Å²) in [4.78, 5) is 25.7. The fourth-order valence-electron chi connectivity index (χ4n) is 2.42. The van der Waals surface area contributed by atoms with Gasteiger partial charge in [-0.2, -0.15) is 13.9 Å². The van der Waals surface area contributed by atoms with Gasteiger partial charge < -0.3 is 10.1 Å². The number of benzene rings is 1. The van der Waals surface area contributed by atoms with Crippen LogP contribution in [0.5, 0.6) is 0 Å². The molecule has 0 unspecified atom stereocenters. The first kappa shape index (κ1) is 19.3. The minimum Gasteiger partial charge on any atom is -0.451 e. The number of aromatic nitrogens is 2. The molecule has 0 saturated carbocycles. The van der Waals surface area contributed by atoms with Gasteiger partial charge in [0, 0.05) is 23.0 Å². The van der Waals surface area contributed by atoms with Crippen molar-refractivity contribution in [2.75, 3.05) is 11.9 Å². The number of rotatable bonds is 6. The summed E-state index contributed by atoms with van der Waals surface area (Å²) in [7, 11) is 1.79. The minimum absolute atomic E-state index is 0.391. The second-order valence-corrected chi connectivity index (χ2v) is 7.66. The van der Waals surface area contributed by atoms with Gasteiger partial charge in [0.1, 0.15) is 9.71 Å². The molecule has 3 rings (SSSR count). The Bertz CT molecular complexity index is 949. The fourth-order valence-corrected chi connectivity index (χ4v) is 3.94. The van der Waals surface area contributed by atoms with Crippen molar-refractivity contribution in [2.45, 2.75) is 17.6 Å². The van der Waals surface area contributed by atoms with E-state index >= 15 is 0 Å². The van der Waals surface area contributed by atoms with Crippen LogP contribution in [-0.4, -0.2) is 34.0 Å². The molecule has 1 N–H and O–H groups in total. The third kappa shape index (κ3) is 4.64. The number of thiophene rings is 1. The van der Waals surface area contributed by atoms with Gasteiger partial charge in [0.05, 0.1) is 5.69 Å². The average Bonchev–Trinajstić information content (AvgIpc) is 3.16. The molecule has 27 heavy (non-hydrogen) atoms. The molecule has 0 bridgehead atoms. The van der Waals surface area contributed by atoms with E-state index in [-0.39, 0.29) is 0 Å². The summed E-state index contributed by atoms with van der Waals surface area (Å²) in [6.07, 6.45) is 0. The van der Waals surface area contributed by atoms with Crippen molar-refractivity contribution in [1.82, 2.24) is 9.78 Å². The fraction of sp³-hybridized carbons (Fsp3) is 0.235. The SMILES string of the molecule is Cc1nn(C)c2sc(C(=O)OCC(=O)Nc3ccc(SC(F)F)cc3)cc12. The third-order valence-electron chi connectivity index (χ3n) is 3.59. The summed E-state index contributed by atoms with van der Waals surface area (Å²) in [6.45, 7) is 1.40. The van der Waals surface area contributed by atoms with Crippen LogP contribution in [0.2, 0.25) is 0 Å². The van der Waals surface area contributed by atoms with Crippen molar-refractivity contribution in [3.63, 3.8) is 0 Å². The number of hydrogen-bond acceptors (Lipinski definition) is 6. The standard InChI is InChI=1S/C17H15F2N3O3S2/c1-9-12-7-13(27-15(12)22(2)21-9)16(24)25-8-14(23)20-10-3-5-11(6-4-10)26-17(18)19/h3-7,17H,8H2,1-2H3,(H,20,23). The number of carbonyl (C=O) groups is 2. The number of alkyl halides is 2. The van der Waals surface area contributed by atoms with Crippen LogP contribution in [0, 0.1) is 6.92 Å². The average molecular weight is 411 g/mol. The number of hydrogen-bond donors (Lipinski definition) is 1. The van der Waals surface area contributed by atoms with Gasteiger partial charge in [-0.3, -0.25) is 9.48 Å². The molecule has 0 spiro atoms. The number of ether oxygens (including phenoxy) is 1. The van der Waals surface area contributed by atoms with Crippen LogP contribution < -0.4 is 5.32 Å². The van der Waals surface area contributed by atoms with E-state index in [0.29, 0.717) is 27.2 Å². The van der Waals surface area contributed by atoms with Crippen molar-refractivity contribution in [2.24, 2.45) is 7.05 Å². The lowest BCUT2D eigenvalue weighted by Gasteiger charge is -2.07. The first-order chi connectivity index (χ1) is 12.8. The highest BCUT2D eigenvalue weighted by molar-refractivity contribution is 7.99. The Morgan fingerprint density at radius 2 is 2.04 bits per heavy atom. The predicted octanol–water partition coefficient (Wildman–Crippen LogP) is 4.05. The number of carbonyl (C=O) groups excluding carboxylic acids is 2. The maximum Gasteiger partial charge on any atom is 0.348 e. The van der Waals surface area contributed by atoms with Crippen LogP contribution in [0.15, 0.2) is 35.2 Å². The molecule has 142 valence electrons. The second-order valence-electron chi connectivity index (χ2n) is 5.57. The zero-order valence-corrected chi connectivity index (χ0v) is 16.0. The summed E-state index contributed by atoms with van der Waals surface area (Å²) >= 11 is 1.67. The molecular formula is C17H15F2N3O3S2. The molecule has 0 saturated heterocycles. The van der Waals surface area contributed by atoms with Crippen molar-refractivity contribution in [1.29, 1.82) is 0 Å². The van der Waals surface area contributed by atoms with Gasteiger partial charge in [0.2, 0.25) is 0 Å². The number of aryl methyl sites for hydroxylation is 2. The summed E-state index contributed by atoms with van der Waals surface area (Å²) < 4.78 is 31.3. The molecule has 0 fully saturated rings. The van der Waals surface area contributed by atoms with E-state index in [9.17, 15) is 18.4 Å². The van der Waals surface area contributed by atoms with Gasteiger partial charge in [-0.1, -0.05) is 11.8 Å². The molecule has 3 aromatic rings. The van der Waals surface area contributed by atoms with E-state index in [1.54, 1.807) is 17.8 Å². The van der Waals surface area contributed by atoms with E-state index in [1.807, 2.05) is 6.92 Å². The molecular weight excluding hydrogens is 396 g/mol. The molecule has 10 heteroatoms. The highest BCUT2D eigenvalue weighted by atomic mass is 32.2. The van der Waals surface area contributed by atoms with E-state index in [0.717, 1.165) is 15.9 Å². The molecule has 0 aliphatic heterocycles. The highest BCUT2D eigenvalue weighted by Crippen LogP contribution is 2.28. The summed E-state index contributed by atoms with van der Waals surface area (Å²) in [5.41, 5.74) is 1.24. The number of thioether (sulfide) groups is 1. The van der Waals surface area contributed by atoms with Crippen LogP contribution >= 0.6 is 23.1 Å². The molecule has 1 amide bonds. The van der Waals surface area contributed by atoms with E-state index in [4.69, 9.17) is 4.74 Å². The first-order valence-electron chi connectivity index (χ1n) is 7.78. The lowest BCUT2D eigenvalue weighted by Crippen LogP contribution is -2.20. The van der Waals surface area contributed by atoms with Crippen LogP contribution in [0.3, 0.4) is 0 Å². The largest absolute Gasteiger partial charge is 0.451 e. The number of fused-ring (bicyclic) bond motifs is 1. The van der Waals surface area contributed by atoms with Gasteiger partial charge in [0.25, 0.3) is 11.7 Å². The summed E-state index contributed by atoms with van der Waals surface area (Å²) in [5, 5.41) is 7.68. The van der Waals surface area contributed by atoms with Crippen LogP contribution in [0.25, 0.3) is 10.2 Å². The van der Waals surface area contributed by atoms with Crippen LogP contribution in [-0.2, 0) is 16.6 Å². The molecule has 0 atom stereocenters. The molecule has 6 nitrogen and oxygen atoms in total. The molecule has 0 aliphatic rings. The normalized spacial score (nSPS) is 11.1. The van der Waals surface area contributed by atoms with Crippen LogP contribution in [0.4, 0.5) is 14.5 Å². The second kappa shape index (κ2) is 8.05. The Morgan fingerprint density at radius 1 is 1.33 bits per heavy atom. The number of nitrogens with one attached hydrogen (secondary N) is 1. The Balaban J connectivity index is 1.55. The lowest BCUT2D eigenvalue weighted by atomic mass is 10.3. The van der Waals surface area contributed by atoms with Gasteiger partial charge >= 0.3 is 5.97 Å². The maximum absolute atomic E-state index is 12.3. The Morgan fingerprint density at radius 3 is 2.67 bits per heavy atom. The number of esters is 1. The number of halogens is 2. The topological polar surface area (TPSA) is 73.2 Å². The first-order valence-corrected chi connectivity index (χ1v) is 9.48. The zero-order chi connectivity index (χ0) is 19.6. The minimum atomic E-state index is -2.50. The Kier molecular flexibility index (Phi) is 5.76. The summed E-state index contributed by atoms with van der Waals surface area (Å²) in [6, 6.07) is 7.67. The van der Waals surface area contributed by atoms with Crippen molar-refractivity contribution >= 4 is 50.9 Å². The highest BCUT2D eigenvalue weighted by Gasteiger charge is 2.17. The number of nitrogens with zero attached hydrogens (tertiary/aromatic N) is 2. The predicted molar refractivity (Wildman–Crippen MR) is 101 cm³/mol. The van der Waals surface area contributed by atoms with E-state index < -0.39 is 24.2 Å². The van der Waals surface area contributed by atoms with E-state index in [1.165, 1.54) is 35.6 Å². The molecule has 1 aromatic carbocycles. The monoisotopic (exact) mass is 411 g/mol. The summed E-state index contributed by atoms with van der Waals surface area (Å²) in [5.74, 6) is -3.61. The van der Waals surface area contributed by atoms with Gasteiger partial charge in [-0.15, -0.1) is 11.3 Å². The number of amides is 1. The van der Waals surface area contributed by atoms with Gasteiger partial charge in [0.15, 0.2) is 6.61 Å². The van der Waals surface area contributed by atoms with Crippen LogP contribution in [0.1, 0.15) is 15.4 Å². The molecule has 0 aliphatic carbocycles. The third-order valence-corrected chi connectivity index (χ3v) is 5.50.